The van der Waals surface area contributed by atoms with E-state index < -0.39 is 0 Å². The molecular formula is C13H19N3O3S. The third-order valence-corrected chi connectivity index (χ3v) is 4.47. The Morgan fingerprint density at radius 1 is 1.45 bits per heavy atom. The first kappa shape index (κ1) is 14.8. The second kappa shape index (κ2) is 6.21. The van der Waals surface area contributed by atoms with Crippen LogP contribution in [0.2, 0.25) is 0 Å². The number of likely N-dealkylation sites (tertiary alicyclic amines) is 1. The number of methoxy groups -OCH3 is 1. The molecule has 1 aromatic heterocycles. The highest BCUT2D eigenvalue weighted by Crippen LogP contribution is 2.25. The number of anilines is 1. The molecule has 7 heteroatoms. The Labute approximate surface area is 121 Å². The number of hydrogen-bond donors (Lipinski definition) is 1. The fourth-order valence-corrected chi connectivity index (χ4v) is 3.29. The first-order chi connectivity index (χ1) is 9.56. The Kier molecular flexibility index (Phi) is 4.59. The zero-order chi connectivity index (χ0) is 14.7. The number of thiazole rings is 1. The standard InChI is InChI=1S/C13H19N3O3S/c1-3-9-10(20-13(14)15-9)11(17)16-6-4-8(5-7-16)12(18)19-2/h8H,3-7H2,1-2H3,(H2,14,15). The summed E-state index contributed by atoms with van der Waals surface area (Å²) in [5.41, 5.74) is 6.43. The monoisotopic (exact) mass is 297 g/mol. The van der Waals surface area contributed by atoms with E-state index in [1.54, 1.807) is 4.90 Å². The third kappa shape index (κ3) is 2.92. The smallest absolute Gasteiger partial charge is 0.308 e. The maximum Gasteiger partial charge on any atom is 0.308 e. The van der Waals surface area contributed by atoms with Gasteiger partial charge in [0.15, 0.2) is 5.13 Å². The van der Waals surface area contributed by atoms with Crippen molar-refractivity contribution < 1.29 is 14.3 Å². The number of nitrogens with zero attached hydrogens (tertiary/aromatic N) is 2. The highest BCUT2D eigenvalue weighted by atomic mass is 32.1. The molecule has 1 aromatic rings. The molecule has 2 N–H and O–H groups in total. The molecule has 110 valence electrons. The van der Waals surface area contributed by atoms with Crippen molar-refractivity contribution in [2.75, 3.05) is 25.9 Å². The van der Waals surface area contributed by atoms with Crippen LogP contribution in [0.3, 0.4) is 0 Å². The molecule has 6 nitrogen and oxygen atoms in total. The first-order valence-electron chi connectivity index (χ1n) is 6.69. The SMILES string of the molecule is CCc1nc(N)sc1C(=O)N1CCC(C(=O)OC)CC1. The number of carbonyl (C=O) groups excluding carboxylic acids is 2. The second-order valence-corrected chi connectivity index (χ2v) is 5.80. The van der Waals surface area contributed by atoms with E-state index in [4.69, 9.17) is 10.5 Å². The van der Waals surface area contributed by atoms with Crippen molar-refractivity contribution in [2.24, 2.45) is 5.92 Å². The van der Waals surface area contributed by atoms with E-state index in [1.807, 2.05) is 6.92 Å². The topological polar surface area (TPSA) is 85.5 Å². The number of ether oxygens (including phenoxy) is 1. The minimum absolute atomic E-state index is 0.0284. The van der Waals surface area contributed by atoms with Crippen LogP contribution in [-0.4, -0.2) is 42.0 Å². The van der Waals surface area contributed by atoms with Gasteiger partial charge in [0.2, 0.25) is 0 Å². The Hall–Kier alpha value is -1.63. The van der Waals surface area contributed by atoms with Gasteiger partial charge >= 0.3 is 5.97 Å². The largest absolute Gasteiger partial charge is 0.469 e. The number of nitrogen functional groups attached to an aromatic ring is 1. The maximum atomic E-state index is 12.5. The van der Waals surface area contributed by atoms with Crippen LogP contribution < -0.4 is 5.73 Å². The number of carbonyl (C=O) groups is 2. The average molecular weight is 297 g/mol. The Morgan fingerprint density at radius 3 is 2.65 bits per heavy atom. The molecular weight excluding hydrogens is 278 g/mol. The van der Waals surface area contributed by atoms with Crippen molar-refractivity contribution in [2.45, 2.75) is 26.2 Å². The van der Waals surface area contributed by atoms with Crippen molar-refractivity contribution in [3.05, 3.63) is 10.6 Å². The van der Waals surface area contributed by atoms with Crippen LogP contribution in [0.25, 0.3) is 0 Å². The van der Waals surface area contributed by atoms with Crippen LogP contribution >= 0.6 is 11.3 Å². The fourth-order valence-electron chi connectivity index (χ4n) is 2.41. The minimum atomic E-state index is -0.187. The van der Waals surface area contributed by atoms with Gasteiger partial charge in [-0.2, -0.15) is 0 Å². The summed E-state index contributed by atoms with van der Waals surface area (Å²) in [5, 5.41) is 0.426. The lowest BCUT2D eigenvalue weighted by Gasteiger charge is -2.30. The molecule has 0 atom stereocenters. The molecule has 2 rings (SSSR count). The van der Waals surface area contributed by atoms with Gasteiger partial charge in [-0.05, 0) is 19.3 Å². The number of hydrogen-bond acceptors (Lipinski definition) is 6. The molecule has 0 unspecified atom stereocenters. The lowest BCUT2D eigenvalue weighted by atomic mass is 9.97. The predicted octanol–water partition coefficient (Wildman–Crippen LogP) is 1.31. The van der Waals surface area contributed by atoms with E-state index in [1.165, 1.54) is 18.4 Å². The fraction of sp³-hybridized carbons (Fsp3) is 0.615. The van der Waals surface area contributed by atoms with Crippen LogP contribution in [-0.2, 0) is 16.0 Å². The summed E-state index contributed by atoms with van der Waals surface area (Å²) in [6.07, 6.45) is 1.98. The van der Waals surface area contributed by atoms with Gasteiger partial charge in [-0.1, -0.05) is 18.3 Å². The molecule has 0 aliphatic carbocycles. The van der Waals surface area contributed by atoms with Crippen molar-refractivity contribution in [3.8, 4) is 0 Å². The number of esters is 1. The molecule has 0 bridgehead atoms. The summed E-state index contributed by atoms with van der Waals surface area (Å²) >= 11 is 1.24. The lowest BCUT2D eigenvalue weighted by Crippen LogP contribution is -2.40. The van der Waals surface area contributed by atoms with Gasteiger partial charge in [0.25, 0.3) is 5.91 Å². The van der Waals surface area contributed by atoms with Crippen molar-refractivity contribution in [1.82, 2.24) is 9.88 Å². The number of aryl methyl sites for hydroxylation is 1. The van der Waals surface area contributed by atoms with Gasteiger partial charge in [0.1, 0.15) is 4.88 Å². The Morgan fingerprint density at radius 2 is 2.10 bits per heavy atom. The second-order valence-electron chi connectivity index (χ2n) is 4.77. The normalized spacial score (nSPS) is 16.2. The number of aromatic nitrogens is 1. The molecule has 20 heavy (non-hydrogen) atoms. The number of rotatable bonds is 3. The average Bonchev–Trinajstić information content (AvgIpc) is 2.87. The molecule has 1 aliphatic rings. The number of amides is 1. The number of piperidine rings is 1. The molecule has 1 fully saturated rings. The molecule has 0 radical (unpaired) electrons. The maximum absolute atomic E-state index is 12.5. The van der Waals surface area contributed by atoms with Crippen molar-refractivity contribution >= 4 is 28.3 Å². The highest BCUT2D eigenvalue weighted by molar-refractivity contribution is 7.17. The van der Waals surface area contributed by atoms with E-state index in [0.717, 1.165) is 5.69 Å². The van der Waals surface area contributed by atoms with E-state index in [-0.39, 0.29) is 17.8 Å². The summed E-state index contributed by atoms with van der Waals surface area (Å²) < 4.78 is 4.74. The highest BCUT2D eigenvalue weighted by Gasteiger charge is 2.30. The van der Waals surface area contributed by atoms with Gasteiger partial charge in [-0.15, -0.1) is 0 Å². The predicted molar refractivity (Wildman–Crippen MR) is 76.5 cm³/mol. The summed E-state index contributed by atoms with van der Waals surface area (Å²) in [4.78, 5) is 30.5. The quantitative estimate of drug-likeness (QED) is 0.850. The van der Waals surface area contributed by atoms with Crippen LogP contribution in [0.1, 0.15) is 35.1 Å². The van der Waals surface area contributed by atoms with Crippen LogP contribution in [0.5, 0.6) is 0 Å². The minimum Gasteiger partial charge on any atom is -0.469 e. The molecule has 2 heterocycles. The summed E-state index contributed by atoms with van der Waals surface area (Å²) in [6, 6.07) is 0. The zero-order valence-electron chi connectivity index (χ0n) is 11.7. The van der Waals surface area contributed by atoms with Crippen molar-refractivity contribution in [3.63, 3.8) is 0 Å². The van der Waals surface area contributed by atoms with Gasteiger partial charge in [0.05, 0.1) is 18.7 Å². The van der Waals surface area contributed by atoms with Gasteiger partial charge in [0, 0.05) is 13.1 Å². The van der Waals surface area contributed by atoms with E-state index >= 15 is 0 Å². The van der Waals surface area contributed by atoms with E-state index in [2.05, 4.69) is 4.98 Å². The summed E-state index contributed by atoms with van der Waals surface area (Å²) in [7, 11) is 1.40. The van der Waals surface area contributed by atoms with Gasteiger partial charge in [-0.25, -0.2) is 4.98 Å². The summed E-state index contributed by atoms with van der Waals surface area (Å²) in [6.45, 7) is 3.09. The number of nitrogens with two attached hydrogens (primary N) is 1. The zero-order valence-corrected chi connectivity index (χ0v) is 12.5. The summed E-state index contributed by atoms with van der Waals surface area (Å²) in [5.74, 6) is -0.311. The molecule has 1 amide bonds. The Balaban J connectivity index is 2.03. The molecule has 0 aromatic carbocycles. The molecule has 1 aliphatic heterocycles. The molecule has 0 spiro atoms. The van der Waals surface area contributed by atoms with E-state index in [0.29, 0.717) is 42.4 Å². The molecule has 0 saturated carbocycles. The van der Waals surface area contributed by atoms with Crippen LogP contribution in [0, 0.1) is 5.92 Å². The van der Waals surface area contributed by atoms with E-state index in [9.17, 15) is 9.59 Å². The van der Waals surface area contributed by atoms with Crippen molar-refractivity contribution in [1.29, 1.82) is 0 Å². The third-order valence-electron chi connectivity index (χ3n) is 3.56. The van der Waals surface area contributed by atoms with Gasteiger partial charge in [-0.3, -0.25) is 9.59 Å². The van der Waals surface area contributed by atoms with Gasteiger partial charge < -0.3 is 15.4 Å². The first-order valence-corrected chi connectivity index (χ1v) is 7.50. The Bertz CT molecular complexity index is 507. The van der Waals surface area contributed by atoms with Crippen LogP contribution in [0.4, 0.5) is 5.13 Å². The van der Waals surface area contributed by atoms with Crippen LogP contribution in [0.15, 0.2) is 0 Å². The molecule has 1 saturated heterocycles. The lowest BCUT2D eigenvalue weighted by molar-refractivity contribution is -0.146.